The van der Waals surface area contributed by atoms with E-state index in [9.17, 15) is 5.11 Å². The van der Waals surface area contributed by atoms with Gasteiger partial charge < -0.3 is 9.84 Å². The topological polar surface area (TPSA) is 29.5 Å². The predicted molar refractivity (Wildman–Crippen MR) is 41.5 cm³/mol. The van der Waals surface area contributed by atoms with Crippen molar-refractivity contribution in [2.24, 2.45) is 0 Å². The van der Waals surface area contributed by atoms with Gasteiger partial charge in [-0.2, -0.15) is 0 Å². The Morgan fingerprint density at radius 1 is 1.27 bits per heavy atom. The summed E-state index contributed by atoms with van der Waals surface area (Å²) < 4.78 is 4.88. The lowest BCUT2D eigenvalue weighted by Crippen LogP contribution is -2.04. The molecule has 0 saturated carbocycles. The molecular weight excluding hydrogens is 140 g/mol. The Labute approximate surface area is 64.7 Å². The monoisotopic (exact) mass is 148 g/mol. The molecule has 1 N–H and O–H groups in total. The Hall–Kier alpha value is -1.28. The average Bonchev–Trinajstić information content (AvgIpc) is 2.06. The van der Waals surface area contributed by atoms with E-state index in [1.807, 2.05) is 30.3 Å². The summed E-state index contributed by atoms with van der Waals surface area (Å²) in [4.78, 5) is 0. The van der Waals surface area contributed by atoms with Crippen molar-refractivity contribution in [3.63, 3.8) is 0 Å². The number of aliphatic hydroxyl groups excluding tert-OH is 1. The van der Waals surface area contributed by atoms with Crippen LogP contribution < -0.4 is 0 Å². The van der Waals surface area contributed by atoms with E-state index in [0.717, 1.165) is 11.1 Å². The van der Waals surface area contributed by atoms with Gasteiger partial charge >= 0.3 is 0 Å². The van der Waals surface area contributed by atoms with Crippen LogP contribution in [0, 0.1) is 0 Å². The summed E-state index contributed by atoms with van der Waals surface area (Å²) in [7, 11) is 0. The molecule has 2 heteroatoms. The molecule has 2 nitrogen and oxygen atoms in total. The Kier molecular flexibility index (Phi) is 1.40. The number of ether oxygens (including phenoxy) is 1. The molecule has 1 atom stereocenters. The molecule has 56 valence electrons. The second-order valence-electron chi connectivity index (χ2n) is 2.42. The van der Waals surface area contributed by atoms with E-state index in [0.29, 0.717) is 0 Å². The zero-order chi connectivity index (χ0) is 7.68. The first kappa shape index (κ1) is 6.43. The van der Waals surface area contributed by atoms with Crippen molar-refractivity contribution >= 4 is 6.08 Å². The molecule has 1 heterocycles. The fourth-order valence-corrected chi connectivity index (χ4v) is 1.15. The van der Waals surface area contributed by atoms with Gasteiger partial charge in [-0.25, -0.2) is 0 Å². The second-order valence-corrected chi connectivity index (χ2v) is 2.42. The molecule has 0 radical (unpaired) electrons. The largest absolute Gasteiger partial charge is 0.468 e. The van der Waals surface area contributed by atoms with Gasteiger partial charge in [-0.15, -0.1) is 0 Å². The molecule has 1 aliphatic heterocycles. The molecular formula is C9H8O2. The zero-order valence-corrected chi connectivity index (χ0v) is 5.90. The average molecular weight is 148 g/mol. The minimum Gasteiger partial charge on any atom is -0.468 e. The first-order valence-electron chi connectivity index (χ1n) is 3.47. The molecule has 1 aromatic rings. The van der Waals surface area contributed by atoms with Crippen LogP contribution in [-0.4, -0.2) is 5.11 Å². The van der Waals surface area contributed by atoms with Crippen LogP contribution >= 0.6 is 0 Å². The van der Waals surface area contributed by atoms with Crippen molar-refractivity contribution < 1.29 is 9.84 Å². The minimum atomic E-state index is -0.795. The number of benzene rings is 1. The number of rotatable bonds is 0. The fraction of sp³-hybridized carbons (Fsp3) is 0.111. The highest BCUT2D eigenvalue weighted by atomic mass is 16.6. The lowest BCUT2D eigenvalue weighted by molar-refractivity contribution is -0.0554. The molecule has 0 spiro atoms. The van der Waals surface area contributed by atoms with Gasteiger partial charge in [0.1, 0.15) is 0 Å². The zero-order valence-electron chi connectivity index (χ0n) is 5.90. The Morgan fingerprint density at radius 3 is 2.91 bits per heavy atom. The molecule has 2 rings (SSSR count). The van der Waals surface area contributed by atoms with Gasteiger partial charge in [-0.05, 0) is 11.6 Å². The van der Waals surface area contributed by atoms with Crippen molar-refractivity contribution in [3.05, 3.63) is 41.7 Å². The Balaban J connectivity index is 2.54. The smallest absolute Gasteiger partial charge is 0.223 e. The molecule has 0 bridgehead atoms. The number of hydrogen-bond donors (Lipinski definition) is 1. The van der Waals surface area contributed by atoms with Crippen LogP contribution in [0.3, 0.4) is 0 Å². The molecule has 0 aromatic heterocycles. The van der Waals surface area contributed by atoms with Crippen molar-refractivity contribution in [2.45, 2.75) is 6.29 Å². The van der Waals surface area contributed by atoms with Crippen LogP contribution in [0.25, 0.3) is 6.08 Å². The summed E-state index contributed by atoms with van der Waals surface area (Å²) in [5.41, 5.74) is 1.85. The Bertz CT molecular complexity index is 291. The van der Waals surface area contributed by atoms with E-state index in [-0.39, 0.29) is 0 Å². The van der Waals surface area contributed by atoms with E-state index >= 15 is 0 Å². The van der Waals surface area contributed by atoms with Gasteiger partial charge in [0.25, 0.3) is 0 Å². The van der Waals surface area contributed by atoms with Crippen molar-refractivity contribution in [2.75, 3.05) is 0 Å². The predicted octanol–water partition coefficient (Wildman–Crippen LogP) is 1.68. The molecule has 1 aliphatic rings. The van der Waals surface area contributed by atoms with Gasteiger partial charge in [0.15, 0.2) is 0 Å². The maximum atomic E-state index is 9.29. The van der Waals surface area contributed by atoms with E-state index in [2.05, 4.69) is 0 Å². The first-order chi connectivity index (χ1) is 5.38. The molecule has 0 fully saturated rings. The SMILES string of the molecule is OC1OC=Cc2ccccc21. The highest BCUT2D eigenvalue weighted by Gasteiger charge is 2.12. The van der Waals surface area contributed by atoms with Gasteiger partial charge in [0, 0.05) is 5.56 Å². The maximum absolute atomic E-state index is 9.29. The second kappa shape index (κ2) is 2.40. The fourth-order valence-electron chi connectivity index (χ4n) is 1.15. The maximum Gasteiger partial charge on any atom is 0.223 e. The molecule has 0 amide bonds. The molecule has 1 aromatic carbocycles. The number of hydrogen-bond acceptors (Lipinski definition) is 2. The molecule has 0 saturated heterocycles. The molecule has 0 aliphatic carbocycles. The summed E-state index contributed by atoms with van der Waals surface area (Å²) in [6.45, 7) is 0. The van der Waals surface area contributed by atoms with Crippen molar-refractivity contribution in [1.29, 1.82) is 0 Å². The van der Waals surface area contributed by atoms with Gasteiger partial charge in [-0.3, -0.25) is 0 Å². The van der Waals surface area contributed by atoms with E-state index < -0.39 is 6.29 Å². The van der Waals surface area contributed by atoms with Crippen LogP contribution in [0.15, 0.2) is 30.5 Å². The van der Waals surface area contributed by atoms with E-state index in [1.54, 1.807) is 0 Å². The van der Waals surface area contributed by atoms with Crippen molar-refractivity contribution in [3.8, 4) is 0 Å². The Morgan fingerprint density at radius 2 is 2.09 bits per heavy atom. The lowest BCUT2D eigenvalue weighted by atomic mass is 10.1. The summed E-state index contributed by atoms with van der Waals surface area (Å²) in [6.07, 6.45) is 2.55. The van der Waals surface area contributed by atoms with E-state index in [1.165, 1.54) is 6.26 Å². The summed E-state index contributed by atoms with van der Waals surface area (Å²) >= 11 is 0. The third kappa shape index (κ3) is 1.01. The summed E-state index contributed by atoms with van der Waals surface area (Å²) in [5.74, 6) is 0. The van der Waals surface area contributed by atoms with Gasteiger partial charge in [-0.1, -0.05) is 24.3 Å². The van der Waals surface area contributed by atoms with Gasteiger partial charge in [0.2, 0.25) is 6.29 Å². The number of aliphatic hydroxyl groups is 1. The quantitative estimate of drug-likeness (QED) is 0.606. The lowest BCUT2D eigenvalue weighted by Gasteiger charge is -2.16. The van der Waals surface area contributed by atoms with Crippen LogP contribution in [0.5, 0.6) is 0 Å². The molecule has 1 unspecified atom stereocenters. The standard InChI is InChI=1S/C9H8O2/c10-9-8-4-2-1-3-7(8)5-6-11-9/h1-6,9-10H. The summed E-state index contributed by atoms with van der Waals surface area (Å²) in [5, 5.41) is 9.29. The number of fused-ring (bicyclic) bond motifs is 1. The molecule has 11 heavy (non-hydrogen) atoms. The third-order valence-corrected chi connectivity index (χ3v) is 1.72. The normalized spacial score (nSPS) is 20.6. The summed E-state index contributed by atoms with van der Waals surface area (Å²) in [6, 6.07) is 7.60. The highest BCUT2D eigenvalue weighted by Crippen LogP contribution is 2.24. The minimum absolute atomic E-state index is 0.795. The van der Waals surface area contributed by atoms with Crippen LogP contribution in [-0.2, 0) is 4.74 Å². The third-order valence-electron chi connectivity index (χ3n) is 1.72. The first-order valence-corrected chi connectivity index (χ1v) is 3.47. The van der Waals surface area contributed by atoms with Gasteiger partial charge in [0.05, 0.1) is 6.26 Å². The van der Waals surface area contributed by atoms with Crippen LogP contribution in [0.4, 0.5) is 0 Å². The van der Waals surface area contributed by atoms with Crippen molar-refractivity contribution in [1.82, 2.24) is 0 Å². The van der Waals surface area contributed by atoms with Crippen LogP contribution in [0.1, 0.15) is 17.4 Å². The highest BCUT2D eigenvalue weighted by molar-refractivity contribution is 5.54. The van der Waals surface area contributed by atoms with Crippen LogP contribution in [0.2, 0.25) is 0 Å². The van der Waals surface area contributed by atoms with E-state index in [4.69, 9.17) is 4.74 Å².